The maximum atomic E-state index is 11.8. The third-order valence-corrected chi connectivity index (χ3v) is 2.18. The first kappa shape index (κ1) is 16.9. The van der Waals surface area contributed by atoms with E-state index in [0.29, 0.717) is 0 Å². The molecule has 0 fully saturated rings. The number of carbonyl (C=O) groups is 3. The van der Waals surface area contributed by atoms with Crippen molar-refractivity contribution >= 4 is 18.0 Å². The van der Waals surface area contributed by atoms with Crippen molar-refractivity contribution in [3.05, 3.63) is 12.7 Å². The van der Waals surface area contributed by atoms with Crippen molar-refractivity contribution in [1.29, 1.82) is 0 Å². The summed E-state index contributed by atoms with van der Waals surface area (Å²) in [5.41, 5.74) is 0. The Morgan fingerprint density at radius 3 is 2.47 bits per heavy atom. The molecule has 0 aliphatic carbocycles. The number of urea groups is 1. The molecule has 0 aromatic heterocycles. The van der Waals surface area contributed by atoms with Crippen molar-refractivity contribution in [2.75, 3.05) is 26.8 Å². The summed E-state index contributed by atoms with van der Waals surface area (Å²) >= 11 is 0. The average molecular weight is 274 g/mol. The van der Waals surface area contributed by atoms with Crippen LogP contribution in [0.4, 0.5) is 4.79 Å². The summed E-state index contributed by atoms with van der Waals surface area (Å²) in [4.78, 5) is 34.4. The molecule has 0 aliphatic rings. The van der Waals surface area contributed by atoms with E-state index in [1.54, 1.807) is 0 Å². The molecular weight excluding hydrogens is 256 g/mol. The average Bonchev–Trinajstić information content (AvgIpc) is 2.32. The van der Waals surface area contributed by atoms with Crippen LogP contribution in [0.25, 0.3) is 0 Å². The number of carboxylic acids is 2. The molecule has 8 heteroatoms. The Morgan fingerprint density at radius 1 is 1.42 bits per heavy atom. The van der Waals surface area contributed by atoms with E-state index < -0.39 is 30.4 Å². The van der Waals surface area contributed by atoms with Gasteiger partial charge in [-0.2, -0.15) is 0 Å². The van der Waals surface area contributed by atoms with Gasteiger partial charge in [0.2, 0.25) is 0 Å². The molecule has 0 aromatic carbocycles. The number of aliphatic carboxylic acids is 2. The van der Waals surface area contributed by atoms with Gasteiger partial charge in [-0.15, -0.1) is 6.58 Å². The van der Waals surface area contributed by atoms with Gasteiger partial charge in [-0.1, -0.05) is 6.08 Å². The van der Waals surface area contributed by atoms with Crippen LogP contribution in [-0.4, -0.2) is 65.9 Å². The van der Waals surface area contributed by atoms with Crippen LogP contribution >= 0.6 is 0 Å². The molecule has 0 radical (unpaired) electrons. The zero-order valence-corrected chi connectivity index (χ0v) is 10.7. The van der Waals surface area contributed by atoms with Crippen LogP contribution in [0.3, 0.4) is 0 Å². The van der Waals surface area contributed by atoms with Crippen LogP contribution < -0.4 is 5.32 Å². The SMILES string of the molecule is C=CCN(CCOC)C(=O)N[C@@H](CC(=O)O)C(=O)O. The van der Waals surface area contributed by atoms with E-state index in [1.807, 2.05) is 0 Å². The van der Waals surface area contributed by atoms with E-state index in [1.165, 1.54) is 18.1 Å². The second-order valence-corrected chi connectivity index (χ2v) is 3.67. The number of methoxy groups -OCH3 is 1. The van der Waals surface area contributed by atoms with Gasteiger partial charge in [-0.05, 0) is 0 Å². The maximum absolute atomic E-state index is 11.8. The highest BCUT2D eigenvalue weighted by molar-refractivity contribution is 5.86. The molecule has 0 bridgehead atoms. The van der Waals surface area contributed by atoms with Crippen LogP contribution in [0.2, 0.25) is 0 Å². The lowest BCUT2D eigenvalue weighted by molar-refractivity contribution is -0.145. The predicted octanol–water partition coefficient (Wildman–Crippen LogP) is -0.242. The van der Waals surface area contributed by atoms with Crippen LogP contribution in [0.5, 0.6) is 0 Å². The Bertz CT molecular complexity index is 344. The Labute approximate surface area is 110 Å². The summed E-state index contributed by atoms with van der Waals surface area (Å²) in [5.74, 6) is -2.71. The first-order valence-electron chi connectivity index (χ1n) is 5.52. The maximum Gasteiger partial charge on any atom is 0.326 e. The molecule has 0 aliphatic heterocycles. The van der Waals surface area contributed by atoms with Crippen LogP contribution in [0.1, 0.15) is 6.42 Å². The van der Waals surface area contributed by atoms with Crippen molar-refractivity contribution in [2.24, 2.45) is 0 Å². The zero-order chi connectivity index (χ0) is 14.8. The van der Waals surface area contributed by atoms with E-state index >= 15 is 0 Å². The third kappa shape index (κ3) is 7.04. The van der Waals surface area contributed by atoms with Crippen molar-refractivity contribution in [1.82, 2.24) is 10.2 Å². The molecule has 19 heavy (non-hydrogen) atoms. The molecule has 0 spiro atoms. The number of carbonyl (C=O) groups excluding carboxylic acids is 1. The highest BCUT2D eigenvalue weighted by atomic mass is 16.5. The number of rotatable bonds is 9. The Balaban J connectivity index is 4.59. The molecule has 0 heterocycles. The summed E-state index contributed by atoms with van der Waals surface area (Å²) in [6, 6.07) is -2.15. The lowest BCUT2D eigenvalue weighted by Gasteiger charge is -2.23. The van der Waals surface area contributed by atoms with Gasteiger partial charge in [-0.3, -0.25) is 4.79 Å². The summed E-state index contributed by atoms with van der Waals surface area (Å²) in [6.07, 6.45) is 0.787. The largest absolute Gasteiger partial charge is 0.481 e. The van der Waals surface area contributed by atoms with E-state index in [0.717, 1.165) is 0 Å². The number of hydrogen-bond donors (Lipinski definition) is 3. The van der Waals surface area contributed by atoms with Gasteiger partial charge in [0.05, 0.1) is 13.0 Å². The highest BCUT2D eigenvalue weighted by Gasteiger charge is 2.25. The highest BCUT2D eigenvalue weighted by Crippen LogP contribution is 1.97. The number of amides is 2. The van der Waals surface area contributed by atoms with Gasteiger partial charge in [0, 0.05) is 20.2 Å². The first-order valence-corrected chi connectivity index (χ1v) is 5.52. The standard InChI is InChI=1S/C11H18N2O6/c1-3-4-13(5-6-19-2)11(18)12-8(10(16)17)7-9(14)15/h3,8H,1,4-7H2,2H3,(H,12,18)(H,14,15)(H,16,17)/t8-/m0/s1. The fourth-order valence-electron chi connectivity index (χ4n) is 1.25. The van der Waals surface area contributed by atoms with Crippen LogP contribution in [0, 0.1) is 0 Å². The van der Waals surface area contributed by atoms with Crippen molar-refractivity contribution in [2.45, 2.75) is 12.5 Å². The van der Waals surface area contributed by atoms with Crippen LogP contribution in [0.15, 0.2) is 12.7 Å². The third-order valence-electron chi connectivity index (χ3n) is 2.18. The number of hydrogen-bond acceptors (Lipinski definition) is 4. The molecule has 0 saturated carbocycles. The number of nitrogens with one attached hydrogen (secondary N) is 1. The summed E-state index contributed by atoms with van der Waals surface area (Å²) < 4.78 is 4.82. The monoisotopic (exact) mass is 274 g/mol. The zero-order valence-electron chi connectivity index (χ0n) is 10.7. The lowest BCUT2D eigenvalue weighted by atomic mass is 10.2. The summed E-state index contributed by atoms with van der Waals surface area (Å²) in [5, 5.41) is 19.5. The molecular formula is C11H18N2O6. The minimum atomic E-state index is -1.47. The van der Waals surface area contributed by atoms with Gasteiger partial charge in [0.15, 0.2) is 0 Å². The lowest BCUT2D eigenvalue weighted by Crippen LogP contribution is -2.49. The van der Waals surface area contributed by atoms with Gasteiger partial charge >= 0.3 is 18.0 Å². The number of carboxylic acid groups (broad SMARTS) is 2. The number of nitrogens with zero attached hydrogens (tertiary/aromatic N) is 1. The topological polar surface area (TPSA) is 116 Å². The van der Waals surface area contributed by atoms with E-state index in [9.17, 15) is 14.4 Å². The van der Waals surface area contributed by atoms with E-state index in [-0.39, 0.29) is 19.7 Å². The molecule has 108 valence electrons. The first-order chi connectivity index (χ1) is 8.92. The van der Waals surface area contributed by atoms with Gasteiger partial charge < -0.3 is 25.2 Å². The Kier molecular flexibility index (Phi) is 7.94. The molecule has 3 N–H and O–H groups in total. The second kappa shape index (κ2) is 8.92. The molecule has 0 rings (SSSR count). The fraction of sp³-hybridized carbons (Fsp3) is 0.545. The van der Waals surface area contributed by atoms with Crippen molar-refractivity contribution in [3.63, 3.8) is 0 Å². The quantitative estimate of drug-likeness (QED) is 0.500. The smallest absolute Gasteiger partial charge is 0.326 e. The Hall–Kier alpha value is -2.09. The Morgan fingerprint density at radius 2 is 2.05 bits per heavy atom. The molecule has 0 aromatic rings. The summed E-state index contributed by atoms with van der Waals surface area (Å²) in [6.45, 7) is 4.20. The molecule has 1 atom stereocenters. The fourth-order valence-corrected chi connectivity index (χ4v) is 1.25. The minimum absolute atomic E-state index is 0.203. The molecule has 0 unspecified atom stereocenters. The van der Waals surface area contributed by atoms with E-state index in [2.05, 4.69) is 11.9 Å². The number of ether oxygens (including phenoxy) is 1. The van der Waals surface area contributed by atoms with Crippen molar-refractivity contribution < 1.29 is 29.3 Å². The molecule has 0 saturated heterocycles. The molecule has 2 amide bonds. The van der Waals surface area contributed by atoms with Crippen LogP contribution in [-0.2, 0) is 14.3 Å². The molecule has 8 nitrogen and oxygen atoms in total. The van der Waals surface area contributed by atoms with E-state index in [4.69, 9.17) is 14.9 Å². The minimum Gasteiger partial charge on any atom is -0.481 e. The second-order valence-electron chi connectivity index (χ2n) is 3.67. The van der Waals surface area contributed by atoms with Gasteiger partial charge in [-0.25, -0.2) is 9.59 Å². The van der Waals surface area contributed by atoms with Gasteiger partial charge in [0.1, 0.15) is 6.04 Å². The van der Waals surface area contributed by atoms with Gasteiger partial charge in [0.25, 0.3) is 0 Å². The van der Waals surface area contributed by atoms with Crippen molar-refractivity contribution in [3.8, 4) is 0 Å². The summed E-state index contributed by atoms with van der Waals surface area (Å²) in [7, 11) is 1.47. The normalized spacial score (nSPS) is 11.4. The predicted molar refractivity (Wildman–Crippen MR) is 65.9 cm³/mol.